The van der Waals surface area contributed by atoms with E-state index in [9.17, 15) is 4.79 Å². The summed E-state index contributed by atoms with van der Waals surface area (Å²) in [6.07, 6.45) is 0.563. The molecule has 0 aliphatic rings. The molecular weight excluding hydrogens is 174 g/mol. The van der Waals surface area contributed by atoms with Gasteiger partial charge in [-0.05, 0) is 12.5 Å². The number of carbonyl (C=O) groups is 1. The van der Waals surface area contributed by atoms with Gasteiger partial charge in [0.1, 0.15) is 0 Å². The number of benzene rings is 1. The molecule has 1 aromatic carbocycles. The maximum absolute atomic E-state index is 11.5. The summed E-state index contributed by atoms with van der Waals surface area (Å²) in [6, 6.07) is 10.2. The van der Waals surface area contributed by atoms with Gasteiger partial charge in [0.2, 0.25) is 5.91 Å². The van der Waals surface area contributed by atoms with Gasteiger partial charge in [0.15, 0.2) is 0 Å². The van der Waals surface area contributed by atoms with Gasteiger partial charge in [-0.1, -0.05) is 37.3 Å². The van der Waals surface area contributed by atoms with Gasteiger partial charge in [-0.2, -0.15) is 0 Å². The van der Waals surface area contributed by atoms with Crippen LogP contribution in [0.3, 0.4) is 0 Å². The number of carbonyl (C=O) groups excluding carboxylic acids is 1. The van der Waals surface area contributed by atoms with E-state index in [4.69, 9.17) is 0 Å². The van der Waals surface area contributed by atoms with Gasteiger partial charge in [0, 0.05) is 13.5 Å². The summed E-state index contributed by atoms with van der Waals surface area (Å²) >= 11 is 0. The summed E-state index contributed by atoms with van der Waals surface area (Å²) in [5.41, 5.74) is 1.18. The lowest BCUT2D eigenvalue weighted by Gasteiger charge is -2.24. The van der Waals surface area contributed by atoms with Crippen molar-refractivity contribution in [2.45, 2.75) is 26.3 Å². The minimum absolute atomic E-state index is 0.156. The highest BCUT2D eigenvalue weighted by atomic mass is 16.2. The van der Waals surface area contributed by atoms with Crippen LogP contribution in [0.2, 0.25) is 0 Å². The Hall–Kier alpha value is -1.31. The van der Waals surface area contributed by atoms with Gasteiger partial charge in [-0.15, -0.1) is 0 Å². The van der Waals surface area contributed by atoms with Crippen molar-refractivity contribution in [3.8, 4) is 0 Å². The Balaban J connectivity index is 2.75. The molecule has 0 aliphatic heterocycles. The maximum atomic E-state index is 11.5. The third-order valence-corrected chi connectivity index (χ3v) is 2.56. The fraction of sp³-hybridized carbons (Fsp3) is 0.417. The molecule has 2 heteroatoms. The second-order valence-electron chi connectivity index (χ2n) is 3.44. The molecule has 1 aromatic rings. The molecule has 0 fully saturated rings. The Labute approximate surface area is 85.5 Å². The average molecular weight is 191 g/mol. The standard InChI is InChI=1S/C12H17NO/c1-4-12(14)13(3)10(2)11-8-6-5-7-9-11/h5-10H,4H2,1-3H3/t10-/m1/s1. The van der Waals surface area contributed by atoms with Crippen molar-refractivity contribution in [1.29, 1.82) is 0 Å². The smallest absolute Gasteiger partial charge is 0.222 e. The largest absolute Gasteiger partial charge is 0.339 e. The van der Waals surface area contributed by atoms with Crippen molar-refractivity contribution < 1.29 is 4.79 Å². The Kier molecular flexibility index (Phi) is 3.69. The summed E-state index contributed by atoms with van der Waals surface area (Å²) in [4.78, 5) is 13.2. The van der Waals surface area contributed by atoms with Crippen molar-refractivity contribution in [2.75, 3.05) is 7.05 Å². The predicted octanol–water partition coefficient (Wildman–Crippen LogP) is 2.62. The quantitative estimate of drug-likeness (QED) is 0.719. The summed E-state index contributed by atoms with van der Waals surface area (Å²) in [5.74, 6) is 0.182. The molecule has 0 radical (unpaired) electrons. The van der Waals surface area contributed by atoms with Crippen LogP contribution in [0, 0.1) is 0 Å². The molecule has 0 aromatic heterocycles. The number of rotatable bonds is 3. The molecule has 0 unspecified atom stereocenters. The summed E-state index contributed by atoms with van der Waals surface area (Å²) in [7, 11) is 1.85. The zero-order chi connectivity index (χ0) is 10.6. The molecule has 1 rings (SSSR count). The topological polar surface area (TPSA) is 20.3 Å². The van der Waals surface area contributed by atoms with Crippen molar-refractivity contribution in [3.63, 3.8) is 0 Å². The minimum Gasteiger partial charge on any atom is -0.339 e. The number of nitrogens with zero attached hydrogens (tertiary/aromatic N) is 1. The van der Waals surface area contributed by atoms with Gasteiger partial charge < -0.3 is 4.90 Å². The lowest BCUT2D eigenvalue weighted by molar-refractivity contribution is -0.131. The molecule has 2 nitrogen and oxygen atoms in total. The fourth-order valence-electron chi connectivity index (χ4n) is 1.42. The number of hydrogen-bond acceptors (Lipinski definition) is 1. The zero-order valence-electron chi connectivity index (χ0n) is 9.03. The van der Waals surface area contributed by atoms with Crippen molar-refractivity contribution in [1.82, 2.24) is 4.90 Å². The van der Waals surface area contributed by atoms with Crippen molar-refractivity contribution >= 4 is 5.91 Å². The van der Waals surface area contributed by atoms with E-state index in [1.54, 1.807) is 4.90 Å². The lowest BCUT2D eigenvalue weighted by Crippen LogP contribution is -2.28. The normalized spacial score (nSPS) is 12.2. The molecule has 0 spiro atoms. The number of amides is 1. The van der Waals surface area contributed by atoms with E-state index in [0.717, 1.165) is 0 Å². The molecule has 0 saturated carbocycles. The average Bonchev–Trinajstić information content (AvgIpc) is 2.27. The van der Waals surface area contributed by atoms with Crippen LogP contribution in [0.1, 0.15) is 31.9 Å². The highest BCUT2D eigenvalue weighted by Gasteiger charge is 2.14. The van der Waals surface area contributed by atoms with Crippen LogP contribution in [0.25, 0.3) is 0 Å². The molecule has 1 atom stereocenters. The Morgan fingerprint density at radius 2 is 1.93 bits per heavy atom. The van der Waals surface area contributed by atoms with Crippen LogP contribution in [-0.4, -0.2) is 17.9 Å². The highest BCUT2D eigenvalue weighted by Crippen LogP contribution is 2.18. The summed E-state index contributed by atoms with van der Waals surface area (Å²) in [6.45, 7) is 3.93. The minimum atomic E-state index is 0.156. The highest BCUT2D eigenvalue weighted by molar-refractivity contribution is 5.75. The van der Waals surface area contributed by atoms with Gasteiger partial charge >= 0.3 is 0 Å². The number of hydrogen-bond donors (Lipinski definition) is 0. The first-order valence-electron chi connectivity index (χ1n) is 4.97. The van der Waals surface area contributed by atoms with E-state index in [2.05, 4.69) is 0 Å². The molecule has 0 bridgehead atoms. The zero-order valence-corrected chi connectivity index (χ0v) is 9.03. The third-order valence-electron chi connectivity index (χ3n) is 2.56. The SMILES string of the molecule is CCC(=O)N(C)[C@H](C)c1ccccc1. The van der Waals surface area contributed by atoms with E-state index in [0.29, 0.717) is 6.42 Å². The van der Waals surface area contributed by atoms with Gasteiger partial charge in [-0.3, -0.25) is 4.79 Å². The van der Waals surface area contributed by atoms with E-state index >= 15 is 0 Å². The summed E-state index contributed by atoms with van der Waals surface area (Å²) < 4.78 is 0. The Morgan fingerprint density at radius 1 is 1.36 bits per heavy atom. The maximum Gasteiger partial charge on any atom is 0.222 e. The molecule has 0 heterocycles. The van der Waals surface area contributed by atoms with Crippen LogP contribution >= 0.6 is 0 Å². The van der Waals surface area contributed by atoms with Crippen LogP contribution in [0.4, 0.5) is 0 Å². The van der Waals surface area contributed by atoms with E-state index in [1.165, 1.54) is 5.56 Å². The lowest BCUT2D eigenvalue weighted by atomic mass is 10.1. The molecule has 76 valence electrons. The van der Waals surface area contributed by atoms with E-state index < -0.39 is 0 Å². The van der Waals surface area contributed by atoms with E-state index in [-0.39, 0.29) is 11.9 Å². The van der Waals surface area contributed by atoms with Crippen molar-refractivity contribution in [3.05, 3.63) is 35.9 Å². The third kappa shape index (κ3) is 2.34. The summed E-state index contributed by atoms with van der Waals surface area (Å²) in [5, 5.41) is 0. The van der Waals surface area contributed by atoms with Gasteiger partial charge in [0.25, 0.3) is 0 Å². The Bertz CT molecular complexity index is 294. The van der Waals surface area contributed by atoms with Crippen LogP contribution in [-0.2, 0) is 4.79 Å². The molecule has 1 amide bonds. The van der Waals surface area contributed by atoms with Crippen molar-refractivity contribution in [2.24, 2.45) is 0 Å². The molecule has 0 saturated heterocycles. The van der Waals surface area contributed by atoms with E-state index in [1.807, 2.05) is 51.2 Å². The van der Waals surface area contributed by atoms with Crippen LogP contribution in [0.15, 0.2) is 30.3 Å². The van der Waals surface area contributed by atoms with Gasteiger partial charge in [-0.25, -0.2) is 0 Å². The second-order valence-corrected chi connectivity index (χ2v) is 3.44. The second kappa shape index (κ2) is 4.80. The van der Waals surface area contributed by atoms with Gasteiger partial charge in [0.05, 0.1) is 6.04 Å². The first-order valence-corrected chi connectivity index (χ1v) is 4.97. The fourth-order valence-corrected chi connectivity index (χ4v) is 1.42. The predicted molar refractivity (Wildman–Crippen MR) is 57.9 cm³/mol. The molecule has 0 aliphatic carbocycles. The first-order chi connectivity index (χ1) is 6.66. The van der Waals surface area contributed by atoms with Crippen LogP contribution in [0.5, 0.6) is 0 Å². The molecular formula is C12H17NO. The monoisotopic (exact) mass is 191 g/mol. The Morgan fingerprint density at radius 3 is 2.43 bits per heavy atom. The molecule has 0 N–H and O–H groups in total. The first kappa shape index (κ1) is 10.8. The molecule has 14 heavy (non-hydrogen) atoms. The van der Waals surface area contributed by atoms with Crippen LogP contribution < -0.4 is 0 Å².